The lowest BCUT2D eigenvalue weighted by Crippen LogP contribution is -2.14. The van der Waals surface area contributed by atoms with Crippen LogP contribution in [0.15, 0.2) is 40.6 Å². The van der Waals surface area contributed by atoms with Gasteiger partial charge in [0.05, 0.1) is 11.4 Å². The van der Waals surface area contributed by atoms with E-state index in [0.29, 0.717) is 22.8 Å². The van der Waals surface area contributed by atoms with Crippen molar-refractivity contribution in [3.8, 4) is 11.3 Å². The minimum atomic E-state index is -0.241. The minimum absolute atomic E-state index is 0.0257. The zero-order valence-electron chi connectivity index (χ0n) is 16.5. The van der Waals surface area contributed by atoms with Gasteiger partial charge in [0.2, 0.25) is 5.91 Å². The molecular formula is C22H21N3O2S2. The summed E-state index contributed by atoms with van der Waals surface area (Å²) < 4.78 is 0. The molecular weight excluding hydrogens is 402 g/mol. The number of carbonyl (C=O) groups excluding carboxylic acids is 2. The van der Waals surface area contributed by atoms with E-state index in [-0.39, 0.29) is 11.8 Å². The van der Waals surface area contributed by atoms with Gasteiger partial charge in [-0.2, -0.15) is 0 Å². The molecule has 0 saturated carbocycles. The number of aromatic nitrogens is 1. The van der Waals surface area contributed by atoms with E-state index in [4.69, 9.17) is 0 Å². The van der Waals surface area contributed by atoms with E-state index in [0.717, 1.165) is 21.9 Å². The number of fused-ring (bicyclic) bond motifs is 1. The van der Waals surface area contributed by atoms with Crippen LogP contribution in [0, 0.1) is 20.8 Å². The van der Waals surface area contributed by atoms with Crippen LogP contribution in [0.3, 0.4) is 0 Å². The standard InChI is InChI=1S/C22H21N3O2S2/c1-12-8-13(2)20(14(3)9-12)17-11-29-22(24-17)25-21(27)15-4-5-18-16(10-15)23-19(26)6-7-28-18/h4-5,8-11H,6-7H2,1-3H3,(H,23,26)(H,24,25,27). The number of amides is 2. The van der Waals surface area contributed by atoms with Crippen molar-refractivity contribution in [1.29, 1.82) is 0 Å². The van der Waals surface area contributed by atoms with Gasteiger partial charge in [-0.1, -0.05) is 17.7 Å². The molecule has 2 N–H and O–H groups in total. The third kappa shape index (κ3) is 4.21. The molecule has 0 radical (unpaired) electrons. The number of rotatable bonds is 3. The van der Waals surface area contributed by atoms with Crippen LogP contribution in [0.4, 0.5) is 10.8 Å². The number of nitrogens with zero attached hydrogens (tertiary/aromatic N) is 1. The van der Waals surface area contributed by atoms with Crippen molar-refractivity contribution in [3.05, 3.63) is 58.0 Å². The van der Waals surface area contributed by atoms with E-state index in [1.165, 1.54) is 28.0 Å². The SMILES string of the molecule is Cc1cc(C)c(-c2csc(NC(=O)c3ccc4c(c3)NC(=O)CCS4)n2)c(C)c1. The molecule has 5 nitrogen and oxygen atoms in total. The number of thiazole rings is 1. The quantitative estimate of drug-likeness (QED) is 0.590. The molecule has 7 heteroatoms. The number of anilines is 2. The van der Waals surface area contributed by atoms with Crippen LogP contribution in [0.25, 0.3) is 11.3 Å². The van der Waals surface area contributed by atoms with E-state index in [2.05, 4.69) is 48.5 Å². The zero-order valence-corrected chi connectivity index (χ0v) is 18.1. The first-order chi connectivity index (χ1) is 13.9. The van der Waals surface area contributed by atoms with Gasteiger partial charge in [0.1, 0.15) is 0 Å². The van der Waals surface area contributed by atoms with E-state index < -0.39 is 0 Å². The van der Waals surface area contributed by atoms with Gasteiger partial charge in [-0.3, -0.25) is 14.9 Å². The summed E-state index contributed by atoms with van der Waals surface area (Å²) in [4.78, 5) is 30.1. The Morgan fingerprint density at radius 3 is 2.66 bits per heavy atom. The largest absolute Gasteiger partial charge is 0.325 e. The third-order valence-corrected chi connectivity index (χ3v) is 6.59. The fraction of sp³-hybridized carbons (Fsp3) is 0.227. The van der Waals surface area contributed by atoms with Crippen molar-refractivity contribution in [2.24, 2.45) is 0 Å². The Kier molecular flexibility index (Phi) is 5.43. The lowest BCUT2D eigenvalue weighted by Gasteiger charge is -2.09. The van der Waals surface area contributed by atoms with Gasteiger partial charge < -0.3 is 5.32 Å². The van der Waals surface area contributed by atoms with Crippen molar-refractivity contribution in [3.63, 3.8) is 0 Å². The second kappa shape index (κ2) is 8.00. The highest BCUT2D eigenvalue weighted by Gasteiger charge is 2.17. The van der Waals surface area contributed by atoms with Gasteiger partial charge in [-0.15, -0.1) is 23.1 Å². The Morgan fingerprint density at radius 2 is 1.90 bits per heavy atom. The Labute approximate surface area is 178 Å². The molecule has 3 aromatic rings. The maximum atomic E-state index is 12.7. The normalized spacial score (nSPS) is 13.4. The topological polar surface area (TPSA) is 71.1 Å². The average molecular weight is 424 g/mol. The molecule has 148 valence electrons. The molecule has 0 fully saturated rings. The van der Waals surface area contributed by atoms with E-state index in [1.807, 2.05) is 11.4 Å². The van der Waals surface area contributed by atoms with Gasteiger partial charge >= 0.3 is 0 Å². The summed E-state index contributed by atoms with van der Waals surface area (Å²) in [6.07, 6.45) is 0.473. The van der Waals surface area contributed by atoms with Crippen molar-refractivity contribution in [2.45, 2.75) is 32.1 Å². The molecule has 1 aliphatic rings. The van der Waals surface area contributed by atoms with Gasteiger partial charge in [-0.25, -0.2) is 4.98 Å². The monoisotopic (exact) mass is 423 g/mol. The van der Waals surface area contributed by atoms with Crippen molar-refractivity contribution in [1.82, 2.24) is 4.98 Å². The Balaban J connectivity index is 1.55. The highest BCUT2D eigenvalue weighted by atomic mass is 32.2. The van der Waals surface area contributed by atoms with Crippen molar-refractivity contribution in [2.75, 3.05) is 16.4 Å². The van der Waals surface area contributed by atoms with Crippen LogP contribution in [-0.2, 0) is 4.79 Å². The first-order valence-electron chi connectivity index (χ1n) is 9.32. The van der Waals surface area contributed by atoms with Crippen LogP contribution >= 0.6 is 23.1 Å². The molecule has 0 saturated heterocycles. The average Bonchev–Trinajstić information content (AvgIpc) is 3.00. The molecule has 0 atom stereocenters. The third-order valence-electron chi connectivity index (χ3n) is 4.76. The molecule has 1 aliphatic heterocycles. The maximum absolute atomic E-state index is 12.7. The molecule has 0 unspecified atom stereocenters. The number of aryl methyl sites for hydroxylation is 3. The molecule has 2 heterocycles. The highest BCUT2D eigenvalue weighted by Crippen LogP contribution is 2.33. The number of hydrogen-bond acceptors (Lipinski definition) is 5. The summed E-state index contributed by atoms with van der Waals surface area (Å²) >= 11 is 3.02. The Hall–Kier alpha value is -2.64. The van der Waals surface area contributed by atoms with E-state index >= 15 is 0 Å². The predicted molar refractivity (Wildman–Crippen MR) is 120 cm³/mol. The number of nitrogens with one attached hydrogen (secondary N) is 2. The van der Waals surface area contributed by atoms with Crippen LogP contribution in [-0.4, -0.2) is 22.6 Å². The predicted octanol–water partition coefficient (Wildman–Crippen LogP) is 5.42. The summed E-state index contributed by atoms with van der Waals surface area (Å²) in [6.45, 7) is 6.24. The fourth-order valence-electron chi connectivity index (χ4n) is 3.56. The van der Waals surface area contributed by atoms with E-state index in [9.17, 15) is 9.59 Å². The van der Waals surface area contributed by atoms with Gasteiger partial charge in [-0.05, 0) is 50.1 Å². The molecule has 2 amide bonds. The molecule has 2 aromatic carbocycles. The first kappa shape index (κ1) is 19.7. The fourth-order valence-corrected chi connectivity index (χ4v) is 5.19. The molecule has 0 spiro atoms. The zero-order chi connectivity index (χ0) is 20.5. The summed E-state index contributed by atoms with van der Waals surface area (Å²) in [5, 5.41) is 8.27. The highest BCUT2D eigenvalue weighted by molar-refractivity contribution is 7.99. The van der Waals surface area contributed by atoms with Crippen LogP contribution in [0.1, 0.15) is 33.5 Å². The maximum Gasteiger partial charge on any atom is 0.257 e. The second-order valence-electron chi connectivity index (χ2n) is 7.12. The lowest BCUT2D eigenvalue weighted by molar-refractivity contribution is -0.115. The molecule has 0 bridgehead atoms. The van der Waals surface area contributed by atoms with Crippen molar-refractivity contribution < 1.29 is 9.59 Å². The Bertz CT molecular complexity index is 1100. The molecule has 29 heavy (non-hydrogen) atoms. The van der Waals surface area contributed by atoms with Gasteiger partial charge in [0.25, 0.3) is 5.91 Å². The number of thioether (sulfide) groups is 1. The summed E-state index contributed by atoms with van der Waals surface area (Å²) in [6, 6.07) is 9.67. The van der Waals surface area contributed by atoms with Gasteiger partial charge in [0, 0.05) is 33.6 Å². The van der Waals surface area contributed by atoms with E-state index in [1.54, 1.807) is 23.9 Å². The van der Waals surface area contributed by atoms with Crippen LogP contribution in [0.2, 0.25) is 0 Å². The van der Waals surface area contributed by atoms with Crippen LogP contribution < -0.4 is 10.6 Å². The van der Waals surface area contributed by atoms with Gasteiger partial charge in [0.15, 0.2) is 5.13 Å². The van der Waals surface area contributed by atoms with Crippen LogP contribution in [0.5, 0.6) is 0 Å². The summed E-state index contributed by atoms with van der Waals surface area (Å²) in [7, 11) is 0. The number of carbonyl (C=O) groups is 2. The first-order valence-corrected chi connectivity index (χ1v) is 11.2. The lowest BCUT2D eigenvalue weighted by atomic mass is 9.98. The second-order valence-corrected chi connectivity index (χ2v) is 9.12. The molecule has 1 aromatic heterocycles. The summed E-state index contributed by atoms with van der Waals surface area (Å²) in [5.74, 6) is 0.473. The molecule has 0 aliphatic carbocycles. The Morgan fingerprint density at radius 1 is 1.14 bits per heavy atom. The molecule has 4 rings (SSSR count). The summed E-state index contributed by atoms with van der Waals surface area (Å²) in [5.41, 5.74) is 6.72. The number of hydrogen-bond donors (Lipinski definition) is 2. The van der Waals surface area contributed by atoms with Crippen molar-refractivity contribution >= 4 is 45.7 Å². The number of benzene rings is 2. The minimum Gasteiger partial charge on any atom is -0.325 e. The smallest absolute Gasteiger partial charge is 0.257 e.